The summed E-state index contributed by atoms with van der Waals surface area (Å²) in [6, 6.07) is 14.2. The molecule has 4 rings (SSSR count). The number of nitrogens with zero attached hydrogens (tertiary/aromatic N) is 5. The van der Waals surface area contributed by atoms with Gasteiger partial charge in [0.1, 0.15) is 5.82 Å². The molecule has 0 aliphatic carbocycles. The molecule has 1 aliphatic rings. The standard InChI is InChI=1S/C20H26N6O2/c1-28-14-17(27)13-25-11-9-16(10-12-25)21-18-7-8-19-22-23-20(26(19)24-18)15-5-3-2-4-6-15/h2-8,16-17,27H,9-14H2,1H3,(H,21,24). The fraction of sp³-hybridized carbons (Fsp3) is 0.450. The van der Waals surface area contributed by atoms with Gasteiger partial charge in [0.15, 0.2) is 11.5 Å². The second kappa shape index (κ2) is 8.64. The van der Waals surface area contributed by atoms with Crippen LogP contribution in [0.3, 0.4) is 0 Å². The van der Waals surface area contributed by atoms with E-state index >= 15 is 0 Å². The third-order valence-electron chi connectivity index (χ3n) is 5.06. The van der Waals surface area contributed by atoms with Crippen LogP contribution in [0, 0.1) is 0 Å². The summed E-state index contributed by atoms with van der Waals surface area (Å²) in [4.78, 5) is 2.28. The van der Waals surface area contributed by atoms with Gasteiger partial charge >= 0.3 is 0 Å². The first-order valence-corrected chi connectivity index (χ1v) is 9.66. The van der Waals surface area contributed by atoms with Crippen LogP contribution in [0.15, 0.2) is 42.5 Å². The summed E-state index contributed by atoms with van der Waals surface area (Å²) >= 11 is 0. The molecule has 1 fully saturated rings. The summed E-state index contributed by atoms with van der Waals surface area (Å²) in [6.07, 6.45) is 1.59. The molecule has 0 bridgehead atoms. The zero-order valence-corrected chi connectivity index (χ0v) is 16.0. The van der Waals surface area contributed by atoms with E-state index < -0.39 is 6.10 Å². The minimum atomic E-state index is -0.427. The minimum Gasteiger partial charge on any atom is -0.389 e. The molecule has 8 nitrogen and oxygen atoms in total. The average Bonchev–Trinajstić information content (AvgIpc) is 3.14. The van der Waals surface area contributed by atoms with Gasteiger partial charge in [-0.15, -0.1) is 15.3 Å². The van der Waals surface area contributed by atoms with Gasteiger partial charge in [-0.05, 0) is 25.0 Å². The summed E-state index contributed by atoms with van der Waals surface area (Å²) in [5.74, 6) is 1.56. The molecule has 28 heavy (non-hydrogen) atoms. The quantitative estimate of drug-likeness (QED) is 0.643. The number of nitrogens with one attached hydrogen (secondary N) is 1. The van der Waals surface area contributed by atoms with E-state index in [1.165, 1.54) is 0 Å². The predicted octanol–water partition coefficient (Wildman–Crippen LogP) is 1.67. The number of aliphatic hydroxyl groups is 1. The van der Waals surface area contributed by atoms with Crippen molar-refractivity contribution in [3.8, 4) is 11.4 Å². The van der Waals surface area contributed by atoms with E-state index in [-0.39, 0.29) is 0 Å². The lowest BCUT2D eigenvalue weighted by Gasteiger charge is -2.33. The first-order chi connectivity index (χ1) is 13.7. The highest BCUT2D eigenvalue weighted by Crippen LogP contribution is 2.20. The maximum Gasteiger partial charge on any atom is 0.185 e. The van der Waals surface area contributed by atoms with Crippen molar-refractivity contribution < 1.29 is 9.84 Å². The van der Waals surface area contributed by atoms with Crippen molar-refractivity contribution in [2.45, 2.75) is 25.0 Å². The van der Waals surface area contributed by atoms with Crippen LogP contribution < -0.4 is 5.32 Å². The van der Waals surface area contributed by atoms with E-state index in [0.717, 1.165) is 48.8 Å². The van der Waals surface area contributed by atoms with Crippen LogP contribution in [0.1, 0.15) is 12.8 Å². The van der Waals surface area contributed by atoms with E-state index in [0.29, 0.717) is 19.2 Å². The lowest BCUT2D eigenvalue weighted by molar-refractivity contribution is 0.0327. The second-order valence-corrected chi connectivity index (χ2v) is 7.21. The smallest absolute Gasteiger partial charge is 0.185 e. The summed E-state index contributed by atoms with van der Waals surface area (Å²) < 4.78 is 6.79. The Morgan fingerprint density at radius 2 is 1.93 bits per heavy atom. The Labute approximate surface area is 164 Å². The number of ether oxygens (including phenoxy) is 1. The predicted molar refractivity (Wildman–Crippen MR) is 107 cm³/mol. The number of anilines is 1. The van der Waals surface area contributed by atoms with Crippen LogP contribution in [0.5, 0.6) is 0 Å². The lowest BCUT2D eigenvalue weighted by Crippen LogP contribution is -2.43. The van der Waals surface area contributed by atoms with Crippen molar-refractivity contribution in [1.82, 2.24) is 24.7 Å². The number of likely N-dealkylation sites (tertiary alicyclic amines) is 1. The van der Waals surface area contributed by atoms with E-state index in [4.69, 9.17) is 9.84 Å². The Hall–Kier alpha value is -2.55. The minimum absolute atomic E-state index is 0.359. The third-order valence-corrected chi connectivity index (χ3v) is 5.06. The van der Waals surface area contributed by atoms with Crippen molar-refractivity contribution in [3.63, 3.8) is 0 Å². The number of hydrogen-bond acceptors (Lipinski definition) is 7. The molecule has 1 atom stereocenters. The molecule has 0 amide bonds. The van der Waals surface area contributed by atoms with Gasteiger partial charge in [-0.3, -0.25) is 0 Å². The van der Waals surface area contributed by atoms with Gasteiger partial charge in [0.25, 0.3) is 0 Å². The maximum absolute atomic E-state index is 9.90. The van der Waals surface area contributed by atoms with Gasteiger partial charge in [-0.25, -0.2) is 0 Å². The van der Waals surface area contributed by atoms with Crippen molar-refractivity contribution in [3.05, 3.63) is 42.5 Å². The van der Waals surface area contributed by atoms with Crippen LogP contribution in [0.25, 0.3) is 17.0 Å². The molecule has 8 heteroatoms. The summed E-state index contributed by atoms with van der Waals surface area (Å²) in [5, 5.41) is 26.6. The molecule has 0 radical (unpaired) electrons. The normalized spacial score (nSPS) is 17.1. The van der Waals surface area contributed by atoms with Crippen LogP contribution in [0.2, 0.25) is 0 Å². The highest BCUT2D eigenvalue weighted by molar-refractivity contribution is 5.59. The van der Waals surface area contributed by atoms with Gasteiger partial charge in [0.2, 0.25) is 0 Å². The third kappa shape index (κ3) is 4.30. The van der Waals surface area contributed by atoms with E-state index in [1.54, 1.807) is 11.6 Å². The van der Waals surface area contributed by atoms with Crippen molar-refractivity contribution in [2.75, 3.05) is 38.7 Å². The molecule has 3 aromatic rings. The van der Waals surface area contributed by atoms with Crippen molar-refractivity contribution in [2.24, 2.45) is 0 Å². The molecule has 0 saturated carbocycles. The van der Waals surface area contributed by atoms with Crippen molar-refractivity contribution in [1.29, 1.82) is 0 Å². The zero-order chi connectivity index (χ0) is 19.3. The highest BCUT2D eigenvalue weighted by Gasteiger charge is 2.21. The van der Waals surface area contributed by atoms with Crippen molar-refractivity contribution >= 4 is 11.5 Å². The fourth-order valence-corrected chi connectivity index (χ4v) is 3.65. The number of aliphatic hydroxyl groups excluding tert-OH is 1. The largest absolute Gasteiger partial charge is 0.389 e. The van der Waals surface area contributed by atoms with Crippen LogP contribution >= 0.6 is 0 Å². The number of benzene rings is 1. The van der Waals surface area contributed by atoms with E-state index in [1.807, 2.05) is 42.5 Å². The van der Waals surface area contributed by atoms with Gasteiger partial charge < -0.3 is 20.1 Å². The first-order valence-electron chi connectivity index (χ1n) is 9.66. The molecule has 3 heterocycles. The molecule has 0 spiro atoms. The van der Waals surface area contributed by atoms with Crippen LogP contribution in [-0.4, -0.2) is 75.3 Å². The lowest BCUT2D eigenvalue weighted by atomic mass is 10.0. The van der Waals surface area contributed by atoms with E-state index in [9.17, 15) is 5.11 Å². The van der Waals surface area contributed by atoms with Gasteiger partial charge in [-0.2, -0.15) is 4.52 Å². The molecule has 1 unspecified atom stereocenters. The molecule has 2 N–H and O–H groups in total. The van der Waals surface area contributed by atoms with Crippen LogP contribution in [0.4, 0.5) is 5.82 Å². The summed E-state index contributed by atoms with van der Waals surface area (Å²) in [5.41, 5.74) is 1.72. The SMILES string of the molecule is COCC(O)CN1CCC(Nc2ccc3nnc(-c4ccccc4)n3n2)CC1. The van der Waals surface area contributed by atoms with Crippen LogP contribution in [-0.2, 0) is 4.74 Å². The van der Waals surface area contributed by atoms with Gasteiger partial charge in [-0.1, -0.05) is 30.3 Å². The number of fused-ring (bicyclic) bond motifs is 1. The second-order valence-electron chi connectivity index (χ2n) is 7.21. The Kier molecular flexibility index (Phi) is 5.80. The fourth-order valence-electron chi connectivity index (χ4n) is 3.65. The molecule has 1 saturated heterocycles. The molecule has 148 valence electrons. The Bertz CT molecular complexity index is 892. The number of β-amino-alcohol motifs (C(OH)–C–C–N with tert-alkyl or cyclic N) is 1. The summed E-state index contributed by atoms with van der Waals surface area (Å²) in [7, 11) is 1.61. The van der Waals surface area contributed by atoms with Gasteiger partial charge in [0.05, 0.1) is 12.7 Å². The number of methoxy groups -OCH3 is 1. The Balaban J connectivity index is 1.41. The number of hydrogen-bond donors (Lipinski definition) is 2. The Morgan fingerprint density at radius 3 is 2.68 bits per heavy atom. The monoisotopic (exact) mass is 382 g/mol. The number of rotatable bonds is 7. The Morgan fingerprint density at radius 1 is 1.14 bits per heavy atom. The molecular weight excluding hydrogens is 356 g/mol. The number of piperidine rings is 1. The topological polar surface area (TPSA) is 87.8 Å². The first kappa shape index (κ1) is 18.8. The molecular formula is C20H26N6O2. The number of aromatic nitrogens is 4. The summed E-state index contributed by atoms with van der Waals surface area (Å²) in [6.45, 7) is 2.93. The zero-order valence-electron chi connectivity index (χ0n) is 16.0. The van der Waals surface area contributed by atoms with E-state index in [2.05, 4.69) is 20.4 Å². The average molecular weight is 382 g/mol. The molecule has 2 aromatic heterocycles. The molecule has 1 aromatic carbocycles. The maximum atomic E-state index is 9.90. The molecule has 1 aliphatic heterocycles. The highest BCUT2D eigenvalue weighted by atomic mass is 16.5. The van der Waals surface area contributed by atoms with Gasteiger partial charge in [0, 0.05) is 38.3 Å².